The average molecular weight is 504 g/mol. The fraction of sp³-hybridized carbons (Fsp3) is 0.185. The lowest BCUT2D eigenvalue weighted by Crippen LogP contribution is -2.35. The number of nitrogens with one attached hydrogen (secondary N) is 3. The van der Waals surface area contributed by atoms with E-state index in [4.69, 9.17) is 23.4 Å². The SMILES string of the molecule is C#Cc1ccc(NC(=O)c2ccc(C(=N)N3CCCCC3)cc2F)c(C(=O)Nc2ccc(Cl)cn2)c1. The van der Waals surface area contributed by atoms with Gasteiger partial charge >= 0.3 is 0 Å². The fourth-order valence-corrected chi connectivity index (χ4v) is 4.01. The summed E-state index contributed by atoms with van der Waals surface area (Å²) in [5.74, 6) is 0.873. The van der Waals surface area contributed by atoms with E-state index in [9.17, 15) is 14.0 Å². The normalized spacial score (nSPS) is 13.0. The quantitative estimate of drug-likeness (QED) is 0.254. The number of piperidine rings is 1. The van der Waals surface area contributed by atoms with E-state index in [0.29, 0.717) is 16.1 Å². The van der Waals surface area contributed by atoms with Gasteiger partial charge < -0.3 is 15.5 Å². The first-order valence-electron chi connectivity index (χ1n) is 11.3. The van der Waals surface area contributed by atoms with Crippen LogP contribution in [0.25, 0.3) is 0 Å². The summed E-state index contributed by atoms with van der Waals surface area (Å²) in [6.45, 7) is 1.51. The number of nitrogens with zero attached hydrogens (tertiary/aromatic N) is 2. The molecule has 7 nitrogen and oxygen atoms in total. The Morgan fingerprint density at radius 3 is 2.42 bits per heavy atom. The summed E-state index contributed by atoms with van der Waals surface area (Å²) in [4.78, 5) is 31.8. The van der Waals surface area contributed by atoms with E-state index >= 15 is 0 Å². The number of carbonyl (C=O) groups excluding carboxylic acids is 2. The number of amides is 2. The van der Waals surface area contributed by atoms with Crippen molar-refractivity contribution in [2.75, 3.05) is 23.7 Å². The monoisotopic (exact) mass is 503 g/mol. The third kappa shape index (κ3) is 5.70. The van der Waals surface area contributed by atoms with E-state index in [1.165, 1.54) is 36.5 Å². The number of halogens is 2. The molecule has 1 aromatic heterocycles. The molecule has 1 aliphatic rings. The van der Waals surface area contributed by atoms with Gasteiger partial charge in [0.1, 0.15) is 17.5 Å². The Kier molecular flexibility index (Phi) is 7.62. The minimum Gasteiger partial charge on any atom is -0.357 e. The Labute approximate surface area is 213 Å². The van der Waals surface area contributed by atoms with E-state index in [0.717, 1.165) is 32.4 Å². The molecule has 1 aliphatic heterocycles. The molecule has 3 N–H and O–H groups in total. The lowest BCUT2D eigenvalue weighted by atomic mass is 10.1. The minimum atomic E-state index is -0.761. The fourth-order valence-electron chi connectivity index (χ4n) is 3.90. The van der Waals surface area contributed by atoms with Gasteiger partial charge in [-0.25, -0.2) is 9.37 Å². The summed E-state index contributed by atoms with van der Waals surface area (Å²) in [5.41, 5.74) is 0.847. The second kappa shape index (κ2) is 11.0. The molecule has 0 aliphatic carbocycles. The average Bonchev–Trinajstić information content (AvgIpc) is 2.90. The molecule has 1 fully saturated rings. The molecule has 2 aromatic carbocycles. The number of aromatic nitrogens is 1. The predicted molar refractivity (Wildman–Crippen MR) is 138 cm³/mol. The summed E-state index contributed by atoms with van der Waals surface area (Å²) in [6.07, 6.45) is 9.97. The summed E-state index contributed by atoms with van der Waals surface area (Å²) in [6, 6.07) is 11.7. The number of pyridine rings is 1. The molecule has 0 atom stereocenters. The lowest BCUT2D eigenvalue weighted by molar-refractivity contribution is 0.102. The summed E-state index contributed by atoms with van der Waals surface area (Å²) >= 11 is 5.84. The molecule has 0 unspecified atom stereocenters. The van der Waals surface area contributed by atoms with Crippen molar-refractivity contribution in [2.24, 2.45) is 0 Å². The van der Waals surface area contributed by atoms with E-state index in [1.807, 2.05) is 4.90 Å². The highest BCUT2D eigenvalue weighted by Crippen LogP contribution is 2.22. The van der Waals surface area contributed by atoms with E-state index in [2.05, 4.69) is 21.5 Å². The number of anilines is 2. The Hall–Kier alpha value is -4.22. The maximum Gasteiger partial charge on any atom is 0.258 e. The minimum absolute atomic E-state index is 0.0828. The smallest absolute Gasteiger partial charge is 0.258 e. The molecule has 4 rings (SSSR count). The van der Waals surface area contributed by atoms with E-state index in [-0.39, 0.29) is 28.5 Å². The Balaban J connectivity index is 1.54. The van der Waals surface area contributed by atoms with E-state index in [1.54, 1.807) is 18.2 Å². The van der Waals surface area contributed by atoms with Crippen molar-refractivity contribution in [3.63, 3.8) is 0 Å². The number of likely N-dealkylation sites (tertiary alicyclic amines) is 1. The molecule has 36 heavy (non-hydrogen) atoms. The maximum atomic E-state index is 14.9. The second-order valence-corrected chi connectivity index (χ2v) is 8.70. The molecule has 0 saturated carbocycles. The summed E-state index contributed by atoms with van der Waals surface area (Å²) in [7, 11) is 0. The van der Waals surface area contributed by atoms with Crippen LogP contribution in [-0.4, -0.2) is 40.6 Å². The number of carbonyl (C=O) groups is 2. The summed E-state index contributed by atoms with van der Waals surface area (Å²) in [5, 5.41) is 14.0. The van der Waals surface area contributed by atoms with Gasteiger partial charge in [-0.1, -0.05) is 23.6 Å². The molecular formula is C27H23ClFN5O2. The first kappa shape index (κ1) is 24.9. The Morgan fingerprint density at radius 1 is 1.00 bits per heavy atom. The van der Waals surface area contributed by atoms with Crippen LogP contribution in [0.15, 0.2) is 54.7 Å². The van der Waals surface area contributed by atoms with Crippen molar-refractivity contribution < 1.29 is 14.0 Å². The van der Waals surface area contributed by atoms with Crippen molar-refractivity contribution in [2.45, 2.75) is 19.3 Å². The largest absolute Gasteiger partial charge is 0.357 e. The van der Waals surface area contributed by atoms with Crippen LogP contribution in [0.2, 0.25) is 5.02 Å². The van der Waals surface area contributed by atoms with Gasteiger partial charge in [0.2, 0.25) is 0 Å². The van der Waals surface area contributed by atoms with Crippen LogP contribution in [0.3, 0.4) is 0 Å². The van der Waals surface area contributed by atoms with Crippen molar-refractivity contribution >= 4 is 40.8 Å². The van der Waals surface area contributed by atoms with Gasteiger partial charge in [-0.05, 0) is 61.7 Å². The molecule has 0 radical (unpaired) electrons. The van der Waals surface area contributed by atoms with Crippen molar-refractivity contribution in [3.05, 3.63) is 87.8 Å². The molecular weight excluding hydrogens is 481 g/mol. The standard InChI is InChI=1S/C27H23ClFN5O2/c1-2-17-6-10-23(21(14-17)27(36)33-24-11-8-19(28)16-31-24)32-26(35)20-9-7-18(15-22(20)29)25(30)34-12-4-3-5-13-34/h1,6-11,14-16,30H,3-5,12-13H2,(H,32,35)(H,31,33,36). The van der Waals surface area contributed by atoms with Crippen LogP contribution in [0.1, 0.15) is 51.1 Å². The van der Waals surface area contributed by atoms with Gasteiger partial charge in [0.15, 0.2) is 0 Å². The Morgan fingerprint density at radius 2 is 1.75 bits per heavy atom. The topological polar surface area (TPSA) is 98.2 Å². The first-order valence-corrected chi connectivity index (χ1v) is 11.7. The highest BCUT2D eigenvalue weighted by atomic mass is 35.5. The van der Waals surface area contributed by atoms with Crippen molar-refractivity contribution in [1.29, 1.82) is 5.41 Å². The van der Waals surface area contributed by atoms with Crippen LogP contribution in [-0.2, 0) is 0 Å². The van der Waals surface area contributed by atoms with Gasteiger partial charge in [0.05, 0.1) is 21.8 Å². The maximum absolute atomic E-state index is 14.9. The second-order valence-electron chi connectivity index (χ2n) is 8.27. The molecule has 182 valence electrons. The van der Waals surface area contributed by atoms with Crippen LogP contribution < -0.4 is 10.6 Å². The van der Waals surface area contributed by atoms with E-state index < -0.39 is 17.6 Å². The van der Waals surface area contributed by atoms with Crippen molar-refractivity contribution in [3.8, 4) is 12.3 Å². The number of rotatable bonds is 5. The highest BCUT2D eigenvalue weighted by Gasteiger charge is 2.20. The van der Waals surface area contributed by atoms with Crippen LogP contribution in [0, 0.1) is 23.6 Å². The lowest BCUT2D eigenvalue weighted by Gasteiger charge is -2.29. The number of benzene rings is 2. The zero-order chi connectivity index (χ0) is 25.7. The number of hydrogen-bond donors (Lipinski definition) is 3. The molecule has 2 heterocycles. The van der Waals surface area contributed by atoms with Crippen LogP contribution >= 0.6 is 11.6 Å². The zero-order valence-electron chi connectivity index (χ0n) is 19.3. The zero-order valence-corrected chi connectivity index (χ0v) is 20.0. The molecule has 3 aromatic rings. The van der Waals surface area contributed by atoms with Gasteiger partial charge in [-0.2, -0.15) is 0 Å². The molecule has 0 bridgehead atoms. The Bertz CT molecular complexity index is 1360. The summed E-state index contributed by atoms with van der Waals surface area (Å²) < 4.78 is 14.9. The van der Waals surface area contributed by atoms with Gasteiger partial charge in [-0.3, -0.25) is 15.0 Å². The van der Waals surface area contributed by atoms with Gasteiger partial charge in [0.25, 0.3) is 11.8 Å². The van der Waals surface area contributed by atoms with Crippen molar-refractivity contribution in [1.82, 2.24) is 9.88 Å². The first-order chi connectivity index (χ1) is 17.4. The number of hydrogen-bond acceptors (Lipinski definition) is 4. The van der Waals surface area contributed by atoms with Gasteiger partial charge in [0, 0.05) is 30.4 Å². The number of amidine groups is 1. The molecule has 0 spiro atoms. The predicted octanol–water partition coefficient (Wildman–Crippen LogP) is 5.17. The molecule has 1 saturated heterocycles. The van der Waals surface area contributed by atoms with Crippen LogP contribution in [0.5, 0.6) is 0 Å². The van der Waals surface area contributed by atoms with Crippen LogP contribution in [0.4, 0.5) is 15.9 Å². The molecule has 2 amide bonds. The third-order valence-electron chi connectivity index (χ3n) is 5.81. The third-order valence-corrected chi connectivity index (χ3v) is 6.03. The molecule has 9 heteroatoms. The highest BCUT2D eigenvalue weighted by molar-refractivity contribution is 6.30. The van der Waals surface area contributed by atoms with Gasteiger partial charge in [-0.15, -0.1) is 6.42 Å². The number of terminal acetylenes is 1.